The van der Waals surface area contributed by atoms with Crippen molar-refractivity contribution in [1.82, 2.24) is 0 Å². The molecule has 0 bridgehead atoms. The zero-order chi connectivity index (χ0) is 20.2. The van der Waals surface area contributed by atoms with Crippen LogP contribution in [0.3, 0.4) is 0 Å². The standard InChI is InChI=1S/C28H22N2/c1-5-13-21(14-6-1)25-26(22-15-7-2-8-16-22)29-28(24-19-11-4-12-20-24)30-27(25)23-17-9-3-10-18-23/h1-20,25-26H. The number of aliphatic imine (C=N–C) groups is 2. The summed E-state index contributed by atoms with van der Waals surface area (Å²) in [5.41, 5.74) is 5.66. The lowest BCUT2D eigenvalue weighted by Crippen LogP contribution is -2.27. The van der Waals surface area contributed by atoms with Gasteiger partial charge in [0.1, 0.15) is 0 Å². The Bertz CT molecular complexity index is 1160. The van der Waals surface area contributed by atoms with E-state index in [4.69, 9.17) is 9.98 Å². The smallest absolute Gasteiger partial charge is 0.155 e. The SMILES string of the molecule is c1ccc(C2=NC(c3ccccc3)C(c3ccccc3)C(c3ccccc3)=N2)cc1. The van der Waals surface area contributed by atoms with Crippen LogP contribution in [0, 0.1) is 0 Å². The minimum atomic E-state index is -0.0449. The predicted molar refractivity (Wildman–Crippen MR) is 124 cm³/mol. The van der Waals surface area contributed by atoms with Gasteiger partial charge in [-0.15, -0.1) is 0 Å². The van der Waals surface area contributed by atoms with Gasteiger partial charge in [0.25, 0.3) is 0 Å². The van der Waals surface area contributed by atoms with Gasteiger partial charge in [0, 0.05) is 5.56 Å². The molecule has 0 saturated carbocycles. The maximum Gasteiger partial charge on any atom is 0.155 e. The van der Waals surface area contributed by atoms with Crippen molar-refractivity contribution < 1.29 is 0 Å². The van der Waals surface area contributed by atoms with Crippen LogP contribution in [-0.2, 0) is 0 Å². The summed E-state index contributed by atoms with van der Waals surface area (Å²) in [5, 5.41) is 0. The third-order valence-corrected chi connectivity index (χ3v) is 5.50. The Labute approximate surface area is 177 Å². The maximum atomic E-state index is 5.18. The van der Waals surface area contributed by atoms with Gasteiger partial charge in [-0.25, -0.2) is 4.99 Å². The molecule has 4 aromatic carbocycles. The van der Waals surface area contributed by atoms with E-state index in [1.54, 1.807) is 0 Å². The lowest BCUT2D eigenvalue weighted by Gasteiger charge is -2.31. The average Bonchev–Trinajstić information content (AvgIpc) is 2.85. The lowest BCUT2D eigenvalue weighted by atomic mass is 9.80. The molecule has 4 aromatic rings. The Hall–Kier alpha value is -3.78. The fraction of sp³-hybridized carbons (Fsp3) is 0.0714. The first-order valence-corrected chi connectivity index (χ1v) is 10.3. The normalized spacial score (nSPS) is 18.4. The van der Waals surface area contributed by atoms with Crippen molar-refractivity contribution >= 4 is 11.5 Å². The minimum Gasteiger partial charge on any atom is -0.257 e. The second-order valence-corrected chi connectivity index (χ2v) is 7.43. The van der Waals surface area contributed by atoms with Crippen LogP contribution in [0.2, 0.25) is 0 Å². The number of nitrogens with zero attached hydrogens (tertiary/aromatic N) is 2. The van der Waals surface area contributed by atoms with Crippen LogP contribution in [0.5, 0.6) is 0 Å². The summed E-state index contributed by atoms with van der Waals surface area (Å²) in [5.74, 6) is 0.832. The molecule has 1 aliphatic rings. The Balaban J connectivity index is 1.74. The Morgan fingerprint density at radius 3 is 1.50 bits per heavy atom. The minimum absolute atomic E-state index is 0.0449. The van der Waals surface area contributed by atoms with E-state index >= 15 is 0 Å². The third-order valence-electron chi connectivity index (χ3n) is 5.50. The summed E-state index contributed by atoms with van der Waals surface area (Å²) in [6, 6.07) is 41.9. The fourth-order valence-electron chi connectivity index (χ4n) is 4.07. The number of hydrogen-bond acceptors (Lipinski definition) is 2. The number of amidine groups is 1. The van der Waals surface area contributed by atoms with Crippen molar-refractivity contribution in [3.63, 3.8) is 0 Å². The molecule has 1 aliphatic heterocycles. The molecule has 30 heavy (non-hydrogen) atoms. The predicted octanol–water partition coefficient (Wildman–Crippen LogP) is 6.46. The summed E-state index contributed by atoms with van der Waals surface area (Å²) >= 11 is 0. The Kier molecular flexibility index (Phi) is 5.05. The molecular weight excluding hydrogens is 364 g/mol. The third kappa shape index (κ3) is 3.60. The van der Waals surface area contributed by atoms with Gasteiger partial charge in [0.05, 0.1) is 17.7 Å². The topological polar surface area (TPSA) is 24.7 Å². The highest BCUT2D eigenvalue weighted by molar-refractivity contribution is 6.16. The molecule has 2 unspecified atom stereocenters. The summed E-state index contributed by atoms with van der Waals surface area (Å²) in [6.45, 7) is 0. The lowest BCUT2D eigenvalue weighted by molar-refractivity contribution is 0.666. The molecule has 0 radical (unpaired) electrons. The Morgan fingerprint density at radius 2 is 0.933 bits per heavy atom. The molecule has 0 aliphatic carbocycles. The van der Waals surface area contributed by atoms with E-state index in [2.05, 4.69) is 97.1 Å². The van der Waals surface area contributed by atoms with E-state index in [0.29, 0.717) is 0 Å². The van der Waals surface area contributed by atoms with Gasteiger partial charge in [0.15, 0.2) is 5.84 Å². The van der Waals surface area contributed by atoms with E-state index < -0.39 is 0 Å². The first-order valence-electron chi connectivity index (χ1n) is 10.3. The Morgan fingerprint density at radius 1 is 0.467 bits per heavy atom. The largest absolute Gasteiger partial charge is 0.257 e. The van der Waals surface area contributed by atoms with Gasteiger partial charge in [-0.3, -0.25) is 4.99 Å². The molecule has 0 amide bonds. The number of benzene rings is 4. The molecule has 0 spiro atoms. The van der Waals surface area contributed by atoms with Crippen LogP contribution in [-0.4, -0.2) is 11.5 Å². The van der Waals surface area contributed by atoms with Crippen molar-refractivity contribution in [2.45, 2.75) is 12.0 Å². The zero-order valence-corrected chi connectivity index (χ0v) is 16.6. The van der Waals surface area contributed by atoms with Crippen molar-refractivity contribution in [2.75, 3.05) is 0 Å². The molecule has 0 N–H and O–H groups in total. The molecule has 0 aromatic heterocycles. The molecule has 2 heteroatoms. The van der Waals surface area contributed by atoms with Crippen LogP contribution < -0.4 is 0 Å². The van der Waals surface area contributed by atoms with Gasteiger partial charge in [-0.1, -0.05) is 121 Å². The summed E-state index contributed by atoms with van der Waals surface area (Å²) in [4.78, 5) is 10.3. The summed E-state index contributed by atoms with van der Waals surface area (Å²) < 4.78 is 0. The van der Waals surface area contributed by atoms with E-state index in [1.807, 2.05) is 24.3 Å². The second kappa shape index (κ2) is 8.30. The van der Waals surface area contributed by atoms with Gasteiger partial charge < -0.3 is 0 Å². The van der Waals surface area contributed by atoms with E-state index in [1.165, 1.54) is 11.1 Å². The van der Waals surface area contributed by atoms with Crippen molar-refractivity contribution in [3.8, 4) is 0 Å². The van der Waals surface area contributed by atoms with Crippen LogP contribution in [0.25, 0.3) is 0 Å². The highest BCUT2D eigenvalue weighted by Crippen LogP contribution is 2.40. The van der Waals surface area contributed by atoms with Crippen molar-refractivity contribution in [2.24, 2.45) is 9.98 Å². The van der Waals surface area contributed by atoms with Gasteiger partial charge in [-0.05, 0) is 16.7 Å². The van der Waals surface area contributed by atoms with Gasteiger partial charge in [-0.2, -0.15) is 0 Å². The molecular formula is C28H22N2. The summed E-state index contributed by atoms with van der Waals surface area (Å²) in [6.07, 6.45) is 0. The van der Waals surface area contributed by atoms with Gasteiger partial charge >= 0.3 is 0 Å². The van der Waals surface area contributed by atoms with Crippen LogP contribution >= 0.6 is 0 Å². The van der Waals surface area contributed by atoms with Crippen LogP contribution in [0.15, 0.2) is 131 Å². The number of hydrogen-bond donors (Lipinski definition) is 0. The number of rotatable bonds is 4. The highest BCUT2D eigenvalue weighted by Gasteiger charge is 2.33. The molecule has 0 fully saturated rings. The molecule has 2 atom stereocenters. The molecule has 2 nitrogen and oxygen atoms in total. The molecule has 5 rings (SSSR count). The monoisotopic (exact) mass is 386 g/mol. The van der Waals surface area contributed by atoms with Crippen molar-refractivity contribution in [1.29, 1.82) is 0 Å². The van der Waals surface area contributed by atoms with Crippen molar-refractivity contribution in [3.05, 3.63) is 144 Å². The summed E-state index contributed by atoms with van der Waals surface area (Å²) in [7, 11) is 0. The van der Waals surface area contributed by atoms with Crippen LogP contribution in [0.4, 0.5) is 0 Å². The first-order chi connectivity index (χ1) is 14.9. The average molecular weight is 386 g/mol. The van der Waals surface area contributed by atoms with Gasteiger partial charge in [0.2, 0.25) is 0 Å². The molecule has 0 saturated heterocycles. The second-order valence-electron chi connectivity index (χ2n) is 7.43. The van der Waals surface area contributed by atoms with E-state index in [9.17, 15) is 0 Å². The van der Waals surface area contributed by atoms with E-state index in [0.717, 1.165) is 22.7 Å². The maximum absolute atomic E-state index is 5.18. The first kappa shape index (κ1) is 18.3. The molecule has 1 heterocycles. The zero-order valence-electron chi connectivity index (χ0n) is 16.6. The van der Waals surface area contributed by atoms with E-state index in [-0.39, 0.29) is 12.0 Å². The highest BCUT2D eigenvalue weighted by atomic mass is 15.0. The molecule has 144 valence electrons. The quantitative estimate of drug-likeness (QED) is 0.384. The fourth-order valence-corrected chi connectivity index (χ4v) is 4.07. The van der Waals surface area contributed by atoms with Crippen LogP contribution in [0.1, 0.15) is 34.2 Å².